The van der Waals surface area contributed by atoms with Crippen molar-refractivity contribution in [3.8, 4) is 5.75 Å². The van der Waals surface area contributed by atoms with Crippen molar-refractivity contribution >= 4 is 27.3 Å². The fourth-order valence-corrected chi connectivity index (χ4v) is 3.78. The normalized spacial score (nSPS) is 12.7. The lowest BCUT2D eigenvalue weighted by Gasteiger charge is -2.12. The number of thiophene rings is 1. The molecule has 0 saturated heterocycles. The number of rotatable bonds is 6. The molecule has 1 N–H and O–H groups in total. The first-order valence-corrected chi connectivity index (χ1v) is 8.33. The Hall–Kier alpha value is -0.850. The predicted molar refractivity (Wildman–Crippen MR) is 84.5 cm³/mol. The van der Waals surface area contributed by atoms with Gasteiger partial charge in [-0.05, 0) is 40.7 Å². The Morgan fingerprint density at radius 3 is 2.85 bits per heavy atom. The molecule has 4 nitrogen and oxygen atoms in total. The summed E-state index contributed by atoms with van der Waals surface area (Å²) in [5.74, 6) is 0.747. The summed E-state index contributed by atoms with van der Waals surface area (Å²) < 4.78 is 8.23. The van der Waals surface area contributed by atoms with Crippen molar-refractivity contribution in [1.82, 2.24) is 9.78 Å². The van der Waals surface area contributed by atoms with Gasteiger partial charge in [-0.1, -0.05) is 6.92 Å². The van der Waals surface area contributed by atoms with Gasteiger partial charge >= 0.3 is 0 Å². The van der Waals surface area contributed by atoms with Gasteiger partial charge in [-0.3, -0.25) is 4.68 Å². The zero-order valence-electron chi connectivity index (χ0n) is 11.9. The van der Waals surface area contributed by atoms with Crippen LogP contribution in [-0.2, 0) is 19.4 Å². The Balaban J connectivity index is 2.27. The summed E-state index contributed by atoms with van der Waals surface area (Å²) in [6, 6.07) is 1.88. The Kier molecular flexibility index (Phi) is 5.23. The SMILES string of the molecule is CCc1nn(CC)c(CC(O)c2sccc2OC)c1Br. The van der Waals surface area contributed by atoms with E-state index in [2.05, 4.69) is 34.9 Å². The monoisotopic (exact) mass is 358 g/mol. The minimum absolute atomic E-state index is 0.526. The van der Waals surface area contributed by atoms with Crippen molar-refractivity contribution in [3.05, 3.63) is 32.2 Å². The highest BCUT2D eigenvalue weighted by molar-refractivity contribution is 9.10. The highest BCUT2D eigenvalue weighted by Crippen LogP contribution is 2.34. The van der Waals surface area contributed by atoms with Crippen LogP contribution in [0.1, 0.15) is 36.2 Å². The Morgan fingerprint density at radius 2 is 2.25 bits per heavy atom. The van der Waals surface area contributed by atoms with Crippen molar-refractivity contribution in [2.24, 2.45) is 0 Å². The maximum atomic E-state index is 10.5. The quantitative estimate of drug-likeness (QED) is 0.858. The number of methoxy groups -OCH3 is 1. The third-order valence-corrected chi connectivity index (χ3v) is 5.18. The van der Waals surface area contributed by atoms with E-state index in [1.165, 1.54) is 11.3 Å². The molecule has 0 aliphatic rings. The molecule has 0 radical (unpaired) electrons. The van der Waals surface area contributed by atoms with Crippen molar-refractivity contribution in [2.75, 3.05) is 7.11 Å². The second-order valence-corrected chi connectivity index (χ2v) is 6.19. The van der Waals surface area contributed by atoms with Gasteiger partial charge in [0.15, 0.2) is 0 Å². The molecule has 110 valence electrons. The Bertz CT molecular complexity index is 580. The van der Waals surface area contributed by atoms with Crippen molar-refractivity contribution in [3.63, 3.8) is 0 Å². The first kappa shape index (κ1) is 15.5. The standard InChI is InChI=1S/C14H19BrN2O2S/c1-4-9-13(15)10(17(5-2)16-9)8-11(18)14-12(19-3)6-7-20-14/h6-7,11,18H,4-5,8H2,1-3H3. The topological polar surface area (TPSA) is 47.3 Å². The number of aliphatic hydroxyl groups is 1. The van der Waals surface area contributed by atoms with Crippen LogP contribution in [0.15, 0.2) is 15.9 Å². The molecule has 0 amide bonds. The van der Waals surface area contributed by atoms with Crippen LogP contribution in [0.3, 0.4) is 0 Å². The fraction of sp³-hybridized carbons (Fsp3) is 0.500. The van der Waals surface area contributed by atoms with E-state index in [0.29, 0.717) is 6.42 Å². The van der Waals surface area contributed by atoms with Gasteiger partial charge in [-0.15, -0.1) is 11.3 Å². The van der Waals surface area contributed by atoms with E-state index < -0.39 is 6.10 Å². The van der Waals surface area contributed by atoms with Crippen LogP contribution in [-0.4, -0.2) is 22.0 Å². The molecule has 2 aromatic rings. The molecule has 0 spiro atoms. The van der Waals surface area contributed by atoms with Gasteiger partial charge in [0.05, 0.1) is 34.0 Å². The van der Waals surface area contributed by atoms with Crippen LogP contribution in [0.25, 0.3) is 0 Å². The number of hydrogen-bond donors (Lipinski definition) is 1. The zero-order chi connectivity index (χ0) is 14.7. The second kappa shape index (κ2) is 6.74. The average Bonchev–Trinajstić information content (AvgIpc) is 3.04. The lowest BCUT2D eigenvalue weighted by molar-refractivity contribution is 0.175. The smallest absolute Gasteiger partial charge is 0.135 e. The molecular weight excluding hydrogens is 340 g/mol. The van der Waals surface area contributed by atoms with Gasteiger partial charge in [-0.25, -0.2) is 0 Å². The minimum Gasteiger partial charge on any atom is -0.495 e. The largest absolute Gasteiger partial charge is 0.495 e. The zero-order valence-corrected chi connectivity index (χ0v) is 14.3. The molecule has 1 atom stereocenters. The second-order valence-electron chi connectivity index (χ2n) is 4.45. The highest BCUT2D eigenvalue weighted by Gasteiger charge is 2.21. The first-order chi connectivity index (χ1) is 9.62. The summed E-state index contributed by atoms with van der Waals surface area (Å²) in [7, 11) is 1.62. The lowest BCUT2D eigenvalue weighted by atomic mass is 10.1. The Morgan fingerprint density at radius 1 is 1.50 bits per heavy atom. The summed E-state index contributed by atoms with van der Waals surface area (Å²) in [6.07, 6.45) is 0.824. The molecule has 2 heterocycles. The van der Waals surface area contributed by atoms with E-state index in [1.807, 2.05) is 16.1 Å². The summed E-state index contributed by atoms with van der Waals surface area (Å²) >= 11 is 5.12. The van der Waals surface area contributed by atoms with E-state index >= 15 is 0 Å². The third kappa shape index (κ3) is 2.92. The van der Waals surface area contributed by atoms with Crippen LogP contribution in [0.4, 0.5) is 0 Å². The molecule has 2 aromatic heterocycles. The molecule has 0 aliphatic carbocycles. The Labute approximate surface area is 131 Å². The molecule has 6 heteroatoms. The van der Waals surface area contributed by atoms with Crippen LogP contribution >= 0.6 is 27.3 Å². The van der Waals surface area contributed by atoms with Gasteiger partial charge in [0.2, 0.25) is 0 Å². The maximum Gasteiger partial charge on any atom is 0.135 e. The number of halogens is 1. The summed E-state index contributed by atoms with van der Waals surface area (Å²) in [5.41, 5.74) is 2.07. The van der Waals surface area contributed by atoms with Crippen LogP contribution in [0, 0.1) is 0 Å². The molecule has 2 rings (SSSR count). The molecule has 0 saturated carbocycles. The molecule has 0 fully saturated rings. The van der Waals surface area contributed by atoms with E-state index in [-0.39, 0.29) is 0 Å². The molecule has 0 bridgehead atoms. The van der Waals surface area contributed by atoms with E-state index in [0.717, 1.165) is 39.5 Å². The average molecular weight is 359 g/mol. The van der Waals surface area contributed by atoms with Crippen LogP contribution in [0.5, 0.6) is 5.75 Å². The number of nitrogens with zero attached hydrogens (tertiary/aromatic N) is 2. The van der Waals surface area contributed by atoms with E-state index in [4.69, 9.17) is 4.74 Å². The van der Waals surface area contributed by atoms with Gasteiger partial charge in [0.25, 0.3) is 0 Å². The number of aromatic nitrogens is 2. The first-order valence-electron chi connectivity index (χ1n) is 6.65. The number of aliphatic hydroxyl groups excluding tert-OH is 1. The van der Waals surface area contributed by atoms with Gasteiger partial charge in [0.1, 0.15) is 5.75 Å². The lowest BCUT2D eigenvalue weighted by Crippen LogP contribution is -2.08. The summed E-state index contributed by atoms with van der Waals surface area (Å²) in [6.45, 7) is 4.93. The van der Waals surface area contributed by atoms with Crippen molar-refractivity contribution < 1.29 is 9.84 Å². The van der Waals surface area contributed by atoms with E-state index in [1.54, 1.807) is 7.11 Å². The molecule has 0 aliphatic heterocycles. The summed E-state index contributed by atoms with van der Waals surface area (Å²) in [4.78, 5) is 0.862. The van der Waals surface area contributed by atoms with Crippen molar-refractivity contribution in [1.29, 1.82) is 0 Å². The fourth-order valence-electron chi connectivity index (χ4n) is 2.21. The van der Waals surface area contributed by atoms with Gasteiger partial charge in [-0.2, -0.15) is 5.10 Å². The highest BCUT2D eigenvalue weighted by atomic mass is 79.9. The van der Waals surface area contributed by atoms with Crippen LogP contribution < -0.4 is 4.74 Å². The molecular formula is C14H19BrN2O2S. The molecule has 20 heavy (non-hydrogen) atoms. The van der Waals surface area contributed by atoms with Crippen LogP contribution in [0.2, 0.25) is 0 Å². The third-order valence-electron chi connectivity index (χ3n) is 3.26. The molecule has 1 unspecified atom stereocenters. The maximum absolute atomic E-state index is 10.5. The van der Waals surface area contributed by atoms with Gasteiger partial charge < -0.3 is 9.84 Å². The van der Waals surface area contributed by atoms with Gasteiger partial charge in [0, 0.05) is 13.0 Å². The number of ether oxygens (including phenoxy) is 1. The number of hydrogen-bond acceptors (Lipinski definition) is 4. The van der Waals surface area contributed by atoms with E-state index in [9.17, 15) is 5.11 Å². The number of aryl methyl sites for hydroxylation is 2. The van der Waals surface area contributed by atoms with Crippen molar-refractivity contribution in [2.45, 2.75) is 39.3 Å². The summed E-state index contributed by atoms with van der Waals surface area (Å²) in [5, 5.41) is 17.0. The predicted octanol–water partition coefficient (Wildman–Crippen LogP) is 3.57. The minimum atomic E-state index is -0.576. The molecule has 0 aromatic carbocycles.